The second-order valence-electron chi connectivity index (χ2n) is 6.35. The first-order valence-electron chi connectivity index (χ1n) is 8.45. The van der Waals surface area contributed by atoms with Crippen molar-refractivity contribution in [2.75, 3.05) is 20.0 Å². The van der Waals surface area contributed by atoms with Crippen LogP contribution < -0.4 is 15.2 Å². The predicted molar refractivity (Wildman–Crippen MR) is 97.7 cm³/mol. The molecule has 1 fully saturated rings. The van der Waals surface area contributed by atoms with Crippen LogP contribution in [-0.2, 0) is 17.8 Å². The highest BCUT2D eigenvalue weighted by molar-refractivity contribution is 5.78. The zero-order valence-electron chi connectivity index (χ0n) is 14.7. The summed E-state index contributed by atoms with van der Waals surface area (Å²) in [6.07, 6.45) is 2.29. The SMILES string of the molecule is COc1ccc(CC2CCC(=O)N2Cc2ccc(N)cc2)cc1OC. The molecule has 5 heteroatoms. The molecule has 1 atom stereocenters. The lowest BCUT2D eigenvalue weighted by Gasteiger charge is -2.25. The van der Waals surface area contributed by atoms with E-state index in [1.807, 2.05) is 47.4 Å². The van der Waals surface area contributed by atoms with Gasteiger partial charge in [-0.15, -0.1) is 0 Å². The van der Waals surface area contributed by atoms with Crippen molar-refractivity contribution in [2.45, 2.75) is 31.8 Å². The van der Waals surface area contributed by atoms with Gasteiger partial charge in [-0.05, 0) is 48.2 Å². The fourth-order valence-electron chi connectivity index (χ4n) is 3.32. The maximum Gasteiger partial charge on any atom is 0.223 e. The summed E-state index contributed by atoms with van der Waals surface area (Å²) in [5, 5.41) is 0. The molecule has 1 aliphatic rings. The van der Waals surface area contributed by atoms with E-state index in [0.29, 0.717) is 18.7 Å². The molecule has 2 aromatic rings. The summed E-state index contributed by atoms with van der Waals surface area (Å²) >= 11 is 0. The fraction of sp³-hybridized carbons (Fsp3) is 0.350. The van der Waals surface area contributed by atoms with Crippen molar-refractivity contribution in [2.24, 2.45) is 0 Å². The number of ether oxygens (including phenoxy) is 2. The standard InChI is InChI=1S/C20H24N2O3/c1-24-18-9-5-15(12-19(18)25-2)11-17-8-10-20(23)22(17)13-14-3-6-16(21)7-4-14/h3-7,9,12,17H,8,10-11,13,21H2,1-2H3. The van der Waals surface area contributed by atoms with Crippen molar-refractivity contribution in [1.29, 1.82) is 0 Å². The summed E-state index contributed by atoms with van der Waals surface area (Å²) in [4.78, 5) is 14.3. The Morgan fingerprint density at radius 3 is 2.40 bits per heavy atom. The largest absolute Gasteiger partial charge is 0.493 e. The number of methoxy groups -OCH3 is 2. The number of nitrogens with two attached hydrogens (primary N) is 1. The summed E-state index contributed by atoms with van der Waals surface area (Å²) in [6, 6.07) is 13.8. The number of carbonyl (C=O) groups is 1. The Hall–Kier alpha value is -2.69. The molecule has 0 saturated carbocycles. The van der Waals surface area contributed by atoms with Crippen LogP contribution >= 0.6 is 0 Å². The normalized spacial score (nSPS) is 17.0. The second kappa shape index (κ2) is 7.47. The maximum absolute atomic E-state index is 12.3. The number of benzene rings is 2. The Labute approximate surface area is 148 Å². The van der Waals surface area contributed by atoms with Crippen molar-refractivity contribution in [3.05, 3.63) is 53.6 Å². The Morgan fingerprint density at radius 1 is 1.04 bits per heavy atom. The number of rotatable bonds is 6. The summed E-state index contributed by atoms with van der Waals surface area (Å²) < 4.78 is 10.7. The Balaban J connectivity index is 1.74. The minimum atomic E-state index is 0.197. The topological polar surface area (TPSA) is 64.8 Å². The molecule has 1 amide bonds. The molecule has 0 spiro atoms. The van der Waals surface area contributed by atoms with Gasteiger partial charge in [-0.3, -0.25) is 4.79 Å². The van der Waals surface area contributed by atoms with E-state index in [9.17, 15) is 4.79 Å². The van der Waals surface area contributed by atoms with E-state index < -0.39 is 0 Å². The zero-order chi connectivity index (χ0) is 17.8. The molecule has 3 rings (SSSR count). The van der Waals surface area contributed by atoms with Gasteiger partial charge in [0.25, 0.3) is 0 Å². The van der Waals surface area contributed by atoms with Crippen LogP contribution in [0.25, 0.3) is 0 Å². The van der Waals surface area contributed by atoms with Crippen LogP contribution in [0.3, 0.4) is 0 Å². The van der Waals surface area contributed by atoms with E-state index in [1.165, 1.54) is 0 Å². The van der Waals surface area contributed by atoms with Crippen LogP contribution in [0.1, 0.15) is 24.0 Å². The molecule has 0 radical (unpaired) electrons. The molecule has 0 aliphatic carbocycles. The van der Waals surface area contributed by atoms with Gasteiger partial charge >= 0.3 is 0 Å². The number of nitrogen functional groups attached to an aromatic ring is 1. The molecule has 132 valence electrons. The number of nitrogens with zero attached hydrogens (tertiary/aromatic N) is 1. The highest BCUT2D eigenvalue weighted by Crippen LogP contribution is 2.30. The monoisotopic (exact) mass is 340 g/mol. The molecule has 1 saturated heterocycles. The van der Waals surface area contributed by atoms with Gasteiger partial charge in [0.1, 0.15) is 0 Å². The Morgan fingerprint density at radius 2 is 1.72 bits per heavy atom. The number of likely N-dealkylation sites (tertiary alicyclic amines) is 1. The summed E-state index contributed by atoms with van der Waals surface area (Å²) in [5.41, 5.74) is 8.71. The first-order valence-corrected chi connectivity index (χ1v) is 8.45. The lowest BCUT2D eigenvalue weighted by Crippen LogP contribution is -2.33. The van der Waals surface area contributed by atoms with E-state index in [-0.39, 0.29) is 11.9 Å². The molecule has 5 nitrogen and oxygen atoms in total. The predicted octanol–water partition coefficient (Wildman–Crippen LogP) is 3.02. The van der Waals surface area contributed by atoms with Gasteiger partial charge < -0.3 is 20.1 Å². The molecule has 1 heterocycles. The smallest absolute Gasteiger partial charge is 0.223 e. The molecule has 2 aromatic carbocycles. The molecule has 2 N–H and O–H groups in total. The first-order chi connectivity index (χ1) is 12.1. The van der Waals surface area contributed by atoms with Crippen molar-refractivity contribution in [1.82, 2.24) is 4.90 Å². The fourth-order valence-corrected chi connectivity index (χ4v) is 3.32. The second-order valence-corrected chi connectivity index (χ2v) is 6.35. The first kappa shape index (κ1) is 17.1. The third kappa shape index (κ3) is 3.87. The van der Waals surface area contributed by atoms with Crippen LogP contribution in [0.4, 0.5) is 5.69 Å². The molecule has 1 unspecified atom stereocenters. The average Bonchev–Trinajstić information content (AvgIpc) is 2.96. The van der Waals surface area contributed by atoms with E-state index in [1.54, 1.807) is 14.2 Å². The summed E-state index contributed by atoms with van der Waals surface area (Å²) in [7, 11) is 3.26. The van der Waals surface area contributed by atoms with E-state index >= 15 is 0 Å². The van der Waals surface area contributed by atoms with Crippen molar-refractivity contribution in [3.8, 4) is 11.5 Å². The van der Waals surface area contributed by atoms with E-state index in [4.69, 9.17) is 15.2 Å². The summed E-state index contributed by atoms with van der Waals surface area (Å²) in [5.74, 6) is 1.64. The maximum atomic E-state index is 12.3. The van der Waals surface area contributed by atoms with Gasteiger partial charge in [0.2, 0.25) is 5.91 Å². The van der Waals surface area contributed by atoms with Crippen molar-refractivity contribution < 1.29 is 14.3 Å². The van der Waals surface area contributed by atoms with Gasteiger partial charge in [0.05, 0.1) is 14.2 Å². The van der Waals surface area contributed by atoms with Crippen molar-refractivity contribution >= 4 is 11.6 Å². The third-order valence-electron chi connectivity index (χ3n) is 4.70. The van der Waals surface area contributed by atoms with Crippen LogP contribution in [0.5, 0.6) is 11.5 Å². The number of carbonyl (C=O) groups excluding carboxylic acids is 1. The number of hydrogen-bond donors (Lipinski definition) is 1. The van der Waals surface area contributed by atoms with Crippen LogP contribution in [0.15, 0.2) is 42.5 Å². The van der Waals surface area contributed by atoms with Crippen molar-refractivity contribution in [3.63, 3.8) is 0 Å². The summed E-state index contributed by atoms with van der Waals surface area (Å²) in [6.45, 7) is 0.622. The Bertz CT molecular complexity index is 743. The number of amides is 1. The number of anilines is 1. The van der Waals surface area contributed by atoms with E-state index in [0.717, 1.165) is 35.4 Å². The Kier molecular flexibility index (Phi) is 5.12. The average molecular weight is 340 g/mol. The highest BCUT2D eigenvalue weighted by Gasteiger charge is 2.31. The quantitative estimate of drug-likeness (QED) is 0.821. The molecular weight excluding hydrogens is 316 g/mol. The lowest BCUT2D eigenvalue weighted by atomic mass is 10.0. The van der Waals surface area contributed by atoms with Gasteiger partial charge in [0, 0.05) is 24.7 Å². The van der Waals surface area contributed by atoms with Gasteiger partial charge in [-0.1, -0.05) is 18.2 Å². The molecule has 0 bridgehead atoms. The zero-order valence-corrected chi connectivity index (χ0v) is 14.7. The minimum Gasteiger partial charge on any atom is -0.493 e. The van der Waals surface area contributed by atoms with Gasteiger partial charge in [-0.2, -0.15) is 0 Å². The lowest BCUT2D eigenvalue weighted by molar-refractivity contribution is -0.129. The van der Waals surface area contributed by atoms with E-state index in [2.05, 4.69) is 0 Å². The molecule has 0 aromatic heterocycles. The van der Waals surface area contributed by atoms with Gasteiger partial charge in [0.15, 0.2) is 11.5 Å². The molecule has 25 heavy (non-hydrogen) atoms. The number of hydrogen-bond acceptors (Lipinski definition) is 4. The van der Waals surface area contributed by atoms with Crippen LogP contribution in [0, 0.1) is 0 Å². The van der Waals surface area contributed by atoms with Crippen LogP contribution in [-0.4, -0.2) is 31.1 Å². The molecular formula is C20H24N2O3. The molecule has 1 aliphatic heterocycles. The highest BCUT2D eigenvalue weighted by atomic mass is 16.5. The third-order valence-corrected chi connectivity index (χ3v) is 4.70. The van der Waals surface area contributed by atoms with Gasteiger partial charge in [-0.25, -0.2) is 0 Å². The minimum absolute atomic E-state index is 0.197. The van der Waals surface area contributed by atoms with Crippen LogP contribution in [0.2, 0.25) is 0 Å².